The van der Waals surface area contributed by atoms with Crippen LogP contribution in [0.15, 0.2) is 49.3 Å². The summed E-state index contributed by atoms with van der Waals surface area (Å²) in [4.78, 5) is 2.01. The summed E-state index contributed by atoms with van der Waals surface area (Å²) in [7, 11) is 0. The molecule has 0 amide bonds. The third kappa shape index (κ3) is 3.50. The second-order valence-electron chi connectivity index (χ2n) is 3.57. The highest BCUT2D eigenvalue weighted by Gasteiger charge is 2.05. The average Bonchev–Trinajstić information content (AvgIpc) is 2.17. The SMILES string of the molecule is C=CCN(CC(=C)O)c1ccc(C)cc1. The van der Waals surface area contributed by atoms with E-state index in [1.54, 1.807) is 0 Å². The number of hydrogen-bond donors (Lipinski definition) is 1. The Morgan fingerprint density at radius 3 is 2.47 bits per heavy atom. The zero-order valence-electron chi connectivity index (χ0n) is 9.11. The van der Waals surface area contributed by atoms with Crippen LogP contribution in [0.1, 0.15) is 5.56 Å². The van der Waals surface area contributed by atoms with Gasteiger partial charge in [-0.15, -0.1) is 6.58 Å². The molecule has 0 atom stereocenters. The molecule has 0 aromatic heterocycles. The standard InChI is InChI=1S/C13H17NO/c1-4-9-14(10-12(3)15)13-7-5-11(2)6-8-13/h4-8,15H,1,3,9-10H2,2H3. The maximum Gasteiger partial charge on any atom is 0.104 e. The summed E-state index contributed by atoms with van der Waals surface area (Å²) in [5, 5.41) is 9.19. The molecule has 1 rings (SSSR count). The van der Waals surface area contributed by atoms with E-state index in [4.69, 9.17) is 0 Å². The molecule has 0 saturated heterocycles. The molecule has 0 saturated carbocycles. The van der Waals surface area contributed by atoms with E-state index in [0.29, 0.717) is 13.1 Å². The Labute approximate surface area is 91.2 Å². The lowest BCUT2D eigenvalue weighted by Gasteiger charge is -2.22. The molecule has 0 fully saturated rings. The lowest BCUT2D eigenvalue weighted by molar-refractivity contribution is 0.403. The predicted octanol–water partition coefficient (Wildman–Crippen LogP) is 3.06. The van der Waals surface area contributed by atoms with Gasteiger partial charge in [-0.2, -0.15) is 0 Å². The van der Waals surface area contributed by atoms with Crippen molar-refractivity contribution in [1.29, 1.82) is 0 Å². The molecule has 0 aliphatic rings. The maximum atomic E-state index is 9.19. The van der Waals surface area contributed by atoms with Crippen molar-refractivity contribution in [1.82, 2.24) is 0 Å². The molecule has 0 bridgehead atoms. The fourth-order valence-electron chi connectivity index (χ4n) is 1.39. The van der Waals surface area contributed by atoms with Crippen molar-refractivity contribution in [3.05, 3.63) is 54.8 Å². The minimum atomic E-state index is 0.164. The Kier molecular flexibility index (Phi) is 3.98. The van der Waals surface area contributed by atoms with E-state index in [1.165, 1.54) is 5.56 Å². The van der Waals surface area contributed by atoms with E-state index in [-0.39, 0.29) is 5.76 Å². The summed E-state index contributed by atoms with van der Waals surface area (Å²) in [6.45, 7) is 10.4. The molecular weight excluding hydrogens is 186 g/mol. The molecule has 15 heavy (non-hydrogen) atoms. The molecule has 0 aliphatic carbocycles. The highest BCUT2D eigenvalue weighted by molar-refractivity contribution is 5.48. The number of hydrogen-bond acceptors (Lipinski definition) is 2. The quantitative estimate of drug-likeness (QED) is 0.587. The van der Waals surface area contributed by atoms with Gasteiger partial charge in [0.15, 0.2) is 0 Å². The van der Waals surface area contributed by atoms with Crippen LogP contribution in [0, 0.1) is 6.92 Å². The zero-order chi connectivity index (χ0) is 11.3. The van der Waals surface area contributed by atoms with Gasteiger partial charge in [-0.3, -0.25) is 0 Å². The first-order valence-electron chi connectivity index (χ1n) is 4.92. The van der Waals surface area contributed by atoms with Crippen molar-refractivity contribution in [3.8, 4) is 0 Å². The van der Waals surface area contributed by atoms with E-state index in [9.17, 15) is 5.11 Å². The van der Waals surface area contributed by atoms with Crippen molar-refractivity contribution in [3.63, 3.8) is 0 Å². The second kappa shape index (κ2) is 5.25. The summed E-state index contributed by atoms with van der Waals surface area (Å²) in [6, 6.07) is 8.15. The smallest absolute Gasteiger partial charge is 0.104 e. The van der Waals surface area contributed by atoms with Gasteiger partial charge in [0.05, 0.1) is 6.54 Å². The van der Waals surface area contributed by atoms with Crippen LogP contribution in [0.25, 0.3) is 0 Å². The van der Waals surface area contributed by atoms with Gasteiger partial charge in [-0.1, -0.05) is 30.4 Å². The number of rotatable bonds is 5. The third-order valence-electron chi connectivity index (χ3n) is 2.12. The van der Waals surface area contributed by atoms with Crippen LogP contribution >= 0.6 is 0 Å². The summed E-state index contributed by atoms with van der Waals surface area (Å²) < 4.78 is 0. The van der Waals surface area contributed by atoms with Crippen LogP contribution < -0.4 is 4.90 Å². The summed E-state index contributed by atoms with van der Waals surface area (Å²) in [5.41, 5.74) is 2.29. The van der Waals surface area contributed by atoms with E-state index in [2.05, 4.69) is 13.2 Å². The van der Waals surface area contributed by atoms with Crippen LogP contribution in [0.2, 0.25) is 0 Å². The van der Waals surface area contributed by atoms with Crippen LogP contribution in [0.5, 0.6) is 0 Å². The number of aliphatic hydroxyl groups is 1. The van der Waals surface area contributed by atoms with E-state index in [1.807, 2.05) is 42.2 Å². The highest BCUT2D eigenvalue weighted by atomic mass is 16.3. The largest absolute Gasteiger partial charge is 0.511 e. The molecule has 1 N–H and O–H groups in total. The van der Waals surface area contributed by atoms with E-state index < -0.39 is 0 Å². The topological polar surface area (TPSA) is 23.5 Å². The van der Waals surface area contributed by atoms with Crippen molar-refractivity contribution < 1.29 is 5.11 Å². The summed E-state index contributed by atoms with van der Waals surface area (Å²) in [5.74, 6) is 0.164. The Hall–Kier alpha value is -1.70. The molecule has 0 aliphatic heterocycles. The fourth-order valence-corrected chi connectivity index (χ4v) is 1.39. The number of benzene rings is 1. The van der Waals surface area contributed by atoms with Crippen LogP contribution in [-0.4, -0.2) is 18.2 Å². The monoisotopic (exact) mass is 203 g/mol. The van der Waals surface area contributed by atoms with Gasteiger partial charge in [0.1, 0.15) is 5.76 Å². The van der Waals surface area contributed by atoms with Gasteiger partial charge < -0.3 is 10.0 Å². The van der Waals surface area contributed by atoms with Crippen molar-refractivity contribution >= 4 is 5.69 Å². The lowest BCUT2D eigenvalue weighted by atomic mass is 10.2. The van der Waals surface area contributed by atoms with Gasteiger partial charge in [-0.25, -0.2) is 0 Å². The van der Waals surface area contributed by atoms with Crippen LogP contribution in [-0.2, 0) is 0 Å². The van der Waals surface area contributed by atoms with Gasteiger partial charge in [0.2, 0.25) is 0 Å². The van der Waals surface area contributed by atoms with Gasteiger partial charge in [0.25, 0.3) is 0 Å². The van der Waals surface area contributed by atoms with Crippen LogP contribution in [0.3, 0.4) is 0 Å². The Morgan fingerprint density at radius 1 is 1.40 bits per heavy atom. The normalized spacial score (nSPS) is 9.67. The average molecular weight is 203 g/mol. The molecule has 1 aromatic rings. The van der Waals surface area contributed by atoms with Crippen molar-refractivity contribution in [2.45, 2.75) is 6.92 Å². The molecule has 80 valence electrons. The first-order chi connectivity index (χ1) is 7.13. The Balaban J connectivity index is 2.83. The zero-order valence-corrected chi connectivity index (χ0v) is 9.11. The molecular formula is C13H17NO. The highest BCUT2D eigenvalue weighted by Crippen LogP contribution is 2.15. The first-order valence-corrected chi connectivity index (χ1v) is 4.92. The molecule has 1 aromatic carbocycles. The lowest BCUT2D eigenvalue weighted by Crippen LogP contribution is -2.25. The minimum Gasteiger partial charge on any atom is -0.511 e. The molecule has 0 heterocycles. The molecule has 0 radical (unpaired) electrons. The Bertz CT molecular complexity index is 340. The summed E-state index contributed by atoms with van der Waals surface area (Å²) in [6.07, 6.45) is 1.81. The number of aliphatic hydroxyl groups excluding tert-OH is 1. The molecule has 2 heteroatoms. The predicted molar refractivity (Wildman–Crippen MR) is 65.4 cm³/mol. The van der Waals surface area contributed by atoms with Crippen molar-refractivity contribution in [2.75, 3.05) is 18.0 Å². The molecule has 0 spiro atoms. The summed E-state index contributed by atoms with van der Waals surface area (Å²) >= 11 is 0. The molecule has 2 nitrogen and oxygen atoms in total. The van der Waals surface area contributed by atoms with Gasteiger partial charge in [0, 0.05) is 12.2 Å². The number of nitrogens with zero attached hydrogens (tertiary/aromatic N) is 1. The second-order valence-corrected chi connectivity index (χ2v) is 3.57. The molecule has 0 unspecified atom stereocenters. The van der Waals surface area contributed by atoms with Crippen molar-refractivity contribution in [2.24, 2.45) is 0 Å². The number of anilines is 1. The maximum absolute atomic E-state index is 9.19. The first kappa shape index (κ1) is 11.4. The Morgan fingerprint density at radius 2 is 2.00 bits per heavy atom. The van der Waals surface area contributed by atoms with Gasteiger partial charge >= 0.3 is 0 Å². The third-order valence-corrected chi connectivity index (χ3v) is 2.12. The van der Waals surface area contributed by atoms with Gasteiger partial charge in [-0.05, 0) is 19.1 Å². The number of aryl methyl sites for hydroxylation is 1. The van der Waals surface area contributed by atoms with E-state index >= 15 is 0 Å². The van der Waals surface area contributed by atoms with E-state index in [0.717, 1.165) is 5.69 Å². The fraction of sp³-hybridized carbons (Fsp3) is 0.231. The van der Waals surface area contributed by atoms with Crippen LogP contribution in [0.4, 0.5) is 5.69 Å². The minimum absolute atomic E-state index is 0.164.